The molecule has 4 aliphatic carbocycles. The van der Waals surface area contributed by atoms with Crippen LogP contribution in [0.4, 0.5) is 13.2 Å². The summed E-state index contributed by atoms with van der Waals surface area (Å²) in [7, 11) is -10.4. The minimum absolute atomic E-state index is 0.189. The molecule has 0 spiro atoms. The lowest BCUT2D eigenvalue weighted by Gasteiger charge is -2.59. The Morgan fingerprint density at radius 2 is 1.68 bits per heavy atom. The minimum Gasteiger partial charge on any atom is -0.281 e. The van der Waals surface area contributed by atoms with Crippen LogP contribution in [-0.4, -0.2) is 47.6 Å². The molecular weight excluding hydrogens is 500 g/mol. The molecule has 4 bridgehead atoms. The van der Waals surface area contributed by atoms with Crippen LogP contribution in [0.15, 0.2) is 0 Å². The first kappa shape index (κ1) is 20.1. The average molecular weight is 518 g/mol. The standard InChI is InChI=1S/C13H18F3IO6S2/c14-10(13(15,16)24(18,19)20)6-23-25(21,22)12-4-8-1-9(5-12)3-11(17,2-8)7-12/h8-10H,1-7H2,(H,18,19,20). The Kier molecular flexibility index (Phi) is 4.75. The summed E-state index contributed by atoms with van der Waals surface area (Å²) in [5, 5.41) is -5.13. The van der Waals surface area contributed by atoms with Gasteiger partial charge >= 0.3 is 15.4 Å². The molecule has 0 amide bonds. The lowest BCUT2D eigenvalue weighted by molar-refractivity contribution is -0.0231. The van der Waals surface area contributed by atoms with E-state index in [4.69, 9.17) is 4.55 Å². The summed E-state index contributed by atoms with van der Waals surface area (Å²) in [6, 6.07) is 0. The monoisotopic (exact) mass is 518 g/mol. The Balaban J connectivity index is 1.77. The third-order valence-electron chi connectivity index (χ3n) is 5.54. The van der Waals surface area contributed by atoms with Crippen molar-refractivity contribution < 1.29 is 38.7 Å². The molecule has 0 aromatic heterocycles. The fraction of sp³-hybridized carbons (Fsp3) is 1.00. The van der Waals surface area contributed by atoms with E-state index in [2.05, 4.69) is 26.8 Å². The van der Waals surface area contributed by atoms with Crippen LogP contribution < -0.4 is 0 Å². The minimum atomic E-state index is -6.01. The van der Waals surface area contributed by atoms with Gasteiger partial charge in [-0.15, -0.1) is 0 Å². The average Bonchev–Trinajstić information content (AvgIpc) is 2.40. The molecule has 0 aromatic rings. The van der Waals surface area contributed by atoms with Gasteiger partial charge in [-0.1, -0.05) is 22.6 Å². The zero-order valence-corrected chi connectivity index (χ0v) is 16.8. The zero-order valence-electron chi connectivity index (χ0n) is 13.0. The van der Waals surface area contributed by atoms with E-state index in [9.17, 15) is 30.0 Å². The zero-order chi connectivity index (χ0) is 18.9. The summed E-state index contributed by atoms with van der Waals surface area (Å²) in [5.74, 6) is 0.411. The highest BCUT2D eigenvalue weighted by molar-refractivity contribution is 14.1. The molecule has 3 atom stereocenters. The number of hydrogen-bond acceptors (Lipinski definition) is 5. The maximum atomic E-state index is 13.6. The summed E-state index contributed by atoms with van der Waals surface area (Å²) in [5.41, 5.74) is 0. The maximum absolute atomic E-state index is 13.6. The van der Waals surface area contributed by atoms with E-state index in [0.29, 0.717) is 19.3 Å². The second kappa shape index (κ2) is 5.92. The topological polar surface area (TPSA) is 97.7 Å². The maximum Gasteiger partial charge on any atom is 0.402 e. The molecule has 4 saturated carbocycles. The van der Waals surface area contributed by atoms with E-state index < -0.39 is 43.0 Å². The van der Waals surface area contributed by atoms with Crippen molar-refractivity contribution in [3.8, 4) is 0 Å². The van der Waals surface area contributed by atoms with Gasteiger partial charge in [0.1, 0.15) is 6.61 Å². The van der Waals surface area contributed by atoms with Gasteiger partial charge in [0.05, 0.1) is 4.75 Å². The Morgan fingerprint density at radius 3 is 2.12 bits per heavy atom. The largest absolute Gasteiger partial charge is 0.402 e. The highest BCUT2D eigenvalue weighted by Gasteiger charge is 2.63. The van der Waals surface area contributed by atoms with Crippen LogP contribution in [0.3, 0.4) is 0 Å². The SMILES string of the molecule is O=S(=O)(O)C(F)(F)C(F)COS(=O)(=O)C12CC3CC(CC(I)(C3)C1)C2. The highest BCUT2D eigenvalue weighted by Crippen LogP contribution is 2.63. The van der Waals surface area contributed by atoms with Crippen LogP contribution >= 0.6 is 22.6 Å². The quantitative estimate of drug-likeness (QED) is 0.252. The molecule has 0 heterocycles. The van der Waals surface area contributed by atoms with Crippen molar-refractivity contribution in [1.29, 1.82) is 0 Å². The molecule has 25 heavy (non-hydrogen) atoms. The lowest BCUT2D eigenvalue weighted by atomic mass is 9.56. The summed E-state index contributed by atoms with van der Waals surface area (Å²) in [4.78, 5) is 0. The van der Waals surface area contributed by atoms with Crippen LogP contribution in [0, 0.1) is 11.8 Å². The predicted octanol–water partition coefficient (Wildman–Crippen LogP) is 2.68. The third-order valence-corrected chi connectivity index (χ3v) is 9.73. The molecule has 1 N–H and O–H groups in total. The van der Waals surface area contributed by atoms with Gasteiger partial charge in [-0.25, -0.2) is 4.39 Å². The van der Waals surface area contributed by atoms with Crippen molar-refractivity contribution >= 4 is 42.8 Å². The number of rotatable bonds is 6. The number of alkyl halides is 4. The van der Waals surface area contributed by atoms with Crippen LogP contribution in [0.2, 0.25) is 0 Å². The van der Waals surface area contributed by atoms with E-state index in [1.54, 1.807) is 0 Å². The van der Waals surface area contributed by atoms with E-state index in [1.165, 1.54) is 0 Å². The molecule has 146 valence electrons. The molecule has 0 aliphatic heterocycles. The highest BCUT2D eigenvalue weighted by atomic mass is 127. The van der Waals surface area contributed by atoms with Crippen molar-refractivity contribution in [3.63, 3.8) is 0 Å². The normalized spacial score (nSPS) is 39.6. The van der Waals surface area contributed by atoms with E-state index >= 15 is 0 Å². The van der Waals surface area contributed by atoms with Gasteiger partial charge in [-0.2, -0.15) is 25.6 Å². The van der Waals surface area contributed by atoms with Crippen LogP contribution in [0.25, 0.3) is 0 Å². The predicted molar refractivity (Wildman–Crippen MR) is 90.4 cm³/mol. The molecule has 3 unspecified atom stereocenters. The van der Waals surface area contributed by atoms with Gasteiger partial charge in [0.25, 0.3) is 10.1 Å². The molecule has 12 heteroatoms. The Hall–Kier alpha value is 0.340. The molecule has 6 nitrogen and oxygen atoms in total. The van der Waals surface area contributed by atoms with Crippen LogP contribution in [0.1, 0.15) is 38.5 Å². The Labute approximate surface area is 157 Å². The molecule has 4 rings (SSSR count). The van der Waals surface area contributed by atoms with Crippen molar-refractivity contribution in [2.24, 2.45) is 11.8 Å². The second-order valence-corrected chi connectivity index (χ2v) is 13.3. The lowest BCUT2D eigenvalue weighted by Crippen LogP contribution is -2.60. The van der Waals surface area contributed by atoms with Crippen molar-refractivity contribution in [1.82, 2.24) is 0 Å². The van der Waals surface area contributed by atoms with Crippen LogP contribution in [-0.2, 0) is 24.4 Å². The number of halogens is 4. The number of hydrogen-bond donors (Lipinski definition) is 1. The summed E-state index contributed by atoms with van der Waals surface area (Å²) >= 11 is 2.25. The fourth-order valence-electron chi connectivity index (χ4n) is 4.89. The Morgan fingerprint density at radius 1 is 1.16 bits per heavy atom. The first-order chi connectivity index (χ1) is 11.2. The molecule has 0 radical (unpaired) electrons. The van der Waals surface area contributed by atoms with Crippen LogP contribution in [0.5, 0.6) is 0 Å². The van der Waals surface area contributed by atoms with Gasteiger partial charge in [0.15, 0.2) is 0 Å². The molecule has 0 saturated heterocycles. The van der Waals surface area contributed by atoms with E-state index in [-0.39, 0.29) is 15.3 Å². The first-order valence-corrected chi connectivity index (χ1v) is 11.7. The van der Waals surface area contributed by atoms with Gasteiger partial charge in [0, 0.05) is 3.42 Å². The summed E-state index contributed by atoms with van der Waals surface area (Å²) in [6.45, 7) is -1.65. The molecule has 4 aliphatic rings. The third kappa shape index (κ3) is 3.34. The van der Waals surface area contributed by atoms with Crippen molar-refractivity contribution in [3.05, 3.63) is 0 Å². The van der Waals surface area contributed by atoms with E-state index in [0.717, 1.165) is 19.3 Å². The van der Waals surface area contributed by atoms with Gasteiger partial charge in [-0.05, 0) is 50.4 Å². The summed E-state index contributed by atoms with van der Waals surface area (Å²) < 4.78 is 97.9. The first-order valence-electron chi connectivity index (χ1n) is 7.77. The smallest absolute Gasteiger partial charge is 0.281 e. The molecular formula is C13H18F3IO6S2. The molecule has 4 fully saturated rings. The fourth-order valence-corrected chi connectivity index (χ4v) is 9.40. The van der Waals surface area contributed by atoms with Gasteiger partial charge in [0.2, 0.25) is 6.17 Å². The van der Waals surface area contributed by atoms with Crippen molar-refractivity contribution in [2.75, 3.05) is 6.61 Å². The molecule has 0 aromatic carbocycles. The van der Waals surface area contributed by atoms with Gasteiger partial charge < -0.3 is 0 Å². The van der Waals surface area contributed by atoms with Gasteiger partial charge in [-0.3, -0.25) is 8.74 Å². The van der Waals surface area contributed by atoms with Crippen molar-refractivity contribution in [2.45, 2.75) is 58.1 Å². The van der Waals surface area contributed by atoms with E-state index in [1.807, 2.05) is 0 Å². The summed E-state index contributed by atoms with van der Waals surface area (Å²) in [6.07, 6.45) is 0.252. The Bertz CT molecular complexity index is 755. The second-order valence-electron chi connectivity index (χ2n) is 7.54.